The first-order valence-corrected chi connectivity index (χ1v) is 2.74. The van der Waals surface area contributed by atoms with E-state index in [1.165, 1.54) is 7.11 Å². The maximum atomic E-state index is 8.53. The van der Waals surface area contributed by atoms with Crippen LogP contribution in [-0.2, 0) is 9.57 Å². The summed E-state index contributed by atoms with van der Waals surface area (Å²) in [6.07, 6.45) is 0.382. The molecule has 0 aromatic heterocycles. The molecular weight excluding hydrogens is 122 g/mol. The van der Waals surface area contributed by atoms with E-state index in [9.17, 15) is 0 Å². The van der Waals surface area contributed by atoms with Crippen LogP contribution in [0.3, 0.4) is 0 Å². The van der Waals surface area contributed by atoms with Crippen LogP contribution in [0, 0.1) is 0 Å². The van der Waals surface area contributed by atoms with Crippen molar-refractivity contribution in [1.29, 1.82) is 0 Å². The fraction of sp³-hybridized carbons (Fsp3) is 0.800. The lowest BCUT2D eigenvalue weighted by Crippen LogP contribution is -2.12. The Kier molecular flexibility index (Phi) is 1.89. The Morgan fingerprint density at radius 2 is 2.78 bits per heavy atom. The molecule has 1 unspecified atom stereocenters. The molecule has 4 heteroatoms. The lowest BCUT2D eigenvalue weighted by atomic mass is 10.3. The molecule has 1 atom stereocenters. The van der Waals surface area contributed by atoms with Crippen molar-refractivity contribution >= 4 is 5.90 Å². The Hall–Kier alpha value is -0.770. The van der Waals surface area contributed by atoms with Crippen LogP contribution in [-0.4, -0.2) is 30.8 Å². The number of hydrogen-bond acceptors (Lipinski definition) is 4. The van der Waals surface area contributed by atoms with Crippen LogP contribution in [0.2, 0.25) is 0 Å². The Labute approximate surface area is 53.1 Å². The van der Waals surface area contributed by atoms with Gasteiger partial charge in [0.25, 0.3) is 0 Å². The summed E-state index contributed by atoms with van der Waals surface area (Å²) in [7, 11) is 1.53. The van der Waals surface area contributed by atoms with Crippen molar-refractivity contribution in [2.24, 2.45) is 5.16 Å². The van der Waals surface area contributed by atoms with Crippen LogP contribution < -0.4 is 0 Å². The number of oxime groups is 1. The van der Waals surface area contributed by atoms with Crippen LogP contribution in [0.15, 0.2) is 5.16 Å². The highest BCUT2D eigenvalue weighted by Gasteiger charge is 2.19. The zero-order chi connectivity index (χ0) is 6.69. The molecule has 0 saturated heterocycles. The standard InChI is InChI=1S/C5H9NO3/c1-8-5-2-4(3-7)9-6-5/h4,7H,2-3H2,1H3. The first-order valence-electron chi connectivity index (χ1n) is 2.74. The normalized spacial score (nSPS) is 25.1. The number of nitrogens with zero attached hydrogens (tertiary/aromatic N) is 1. The SMILES string of the molecule is COC1=NOC(CO)C1. The summed E-state index contributed by atoms with van der Waals surface area (Å²) in [5.74, 6) is 0.550. The highest BCUT2D eigenvalue weighted by Crippen LogP contribution is 2.08. The van der Waals surface area contributed by atoms with Crippen molar-refractivity contribution < 1.29 is 14.7 Å². The molecular formula is C5H9NO3. The van der Waals surface area contributed by atoms with Gasteiger partial charge in [0.15, 0.2) is 6.10 Å². The van der Waals surface area contributed by atoms with E-state index in [-0.39, 0.29) is 12.7 Å². The fourth-order valence-electron chi connectivity index (χ4n) is 0.621. The molecule has 1 aliphatic rings. The summed E-state index contributed by atoms with van der Waals surface area (Å²) in [4.78, 5) is 4.72. The van der Waals surface area contributed by atoms with Crippen molar-refractivity contribution in [2.45, 2.75) is 12.5 Å². The molecule has 0 saturated carbocycles. The second-order valence-electron chi connectivity index (χ2n) is 1.80. The Bertz CT molecular complexity index is 123. The lowest BCUT2D eigenvalue weighted by molar-refractivity contribution is 0.0389. The average molecular weight is 131 g/mol. The van der Waals surface area contributed by atoms with Gasteiger partial charge in [-0.3, -0.25) is 0 Å². The fourth-order valence-corrected chi connectivity index (χ4v) is 0.621. The maximum absolute atomic E-state index is 8.53. The van der Waals surface area contributed by atoms with Crippen molar-refractivity contribution in [1.82, 2.24) is 0 Å². The molecule has 0 fully saturated rings. The molecule has 0 aromatic rings. The summed E-state index contributed by atoms with van der Waals surface area (Å²) in [6.45, 7) is -0.00361. The van der Waals surface area contributed by atoms with Crippen LogP contribution in [0.25, 0.3) is 0 Å². The molecule has 52 valence electrons. The summed E-state index contributed by atoms with van der Waals surface area (Å²) in [6, 6.07) is 0. The highest BCUT2D eigenvalue weighted by molar-refractivity contribution is 5.76. The minimum atomic E-state index is -0.194. The Morgan fingerprint density at radius 3 is 3.11 bits per heavy atom. The summed E-state index contributed by atoms with van der Waals surface area (Å²) in [5.41, 5.74) is 0. The zero-order valence-corrected chi connectivity index (χ0v) is 5.20. The Balaban J connectivity index is 2.31. The molecule has 1 aliphatic heterocycles. The van der Waals surface area contributed by atoms with Gasteiger partial charge >= 0.3 is 0 Å². The van der Waals surface area contributed by atoms with Gasteiger partial charge in [-0.1, -0.05) is 5.16 Å². The highest BCUT2D eigenvalue weighted by atomic mass is 16.7. The van der Waals surface area contributed by atoms with Gasteiger partial charge < -0.3 is 14.7 Å². The van der Waals surface area contributed by atoms with Gasteiger partial charge in [0.1, 0.15) is 0 Å². The lowest BCUT2D eigenvalue weighted by Gasteiger charge is -1.99. The van der Waals surface area contributed by atoms with Gasteiger partial charge in [-0.05, 0) is 0 Å². The molecule has 0 radical (unpaired) electrons. The largest absolute Gasteiger partial charge is 0.482 e. The van der Waals surface area contributed by atoms with Gasteiger partial charge in [0.2, 0.25) is 5.90 Å². The minimum Gasteiger partial charge on any atom is -0.482 e. The third-order valence-electron chi connectivity index (χ3n) is 1.15. The number of aliphatic hydroxyl groups excluding tert-OH is 1. The molecule has 0 aromatic carbocycles. The second-order valence-corrected chi connectivity index (χ2v) is 1.80. The van der Waals surface area contributed by atoms with Gasteiger partial charge in [0.05, 0.1) is 20.1 Å². The number of rotatable bonds is 1. The van der Waals surface area contributed by atoms with E-state index in [0.717, 1.165) is 0 Å². The first kappa shape index (κ1) is 6.35. The number of ether oxygens (including phenoxy) is 1. The number of hydrogen-bond donors (Lipinski definition) is 1. The van der Waals surface area contributed by atoms with E-state index in [0.29, 0.717) is 12.3 Å². The van der Waals surface area contributed by atoms with Gasteiger partial charge in [0, 0.05) is 0 Å². The molecule has 1 N–H and O–H groups in total. The van der Waals surface area contributed by atoms with Crippen LogP contribution >= 0.6 is 0 Å². The third-order valence-corrected chi connectivity index (χ3v) is 1.15. The summed E-state index contributed by atoms with van der Waals surface area (Å²) < 4.78 is 4.76. The second kappa shape index (κ2) is 2.68. The first-order chi connectivity index (χ1) is 4.36. The molecule has 0 bridgehead atoms. The van der Waals surface area contributed by atoms with Gasteiger partial charge in [-0.15, -0.1) is 0 Å². The molecule has 0 spiro atoms. The van der Waals surface area contributed by atoms with Crippen LogP contribution in [0.4, 0.5) is 0 Å². The maximum Gasteiger partial charge on any atom is 0.229 e. The van der Waals surface area contributed by atoms with Crippen LogP contribution in [0.5, 0.6) is 0 Å². The van der Waals surface area contributed by atoms with Crippen LogP contribution in [0.1, 0.15) is 6.42 Å². The molecule has 1 rings (SSSR count). The summed E-state index contributed by atoms with van der Waals surface area (Å²) >= 11 is 0. The van der Waals surface area contributed by atoms with E-state index in [1.54, 1.807) is 0 Å². The Morgan fingerprint density at radius 1 is 2.00 bits per heavy atom. The van der Waals surface area contributed by atoms with E-state index in [1.807, 2.05) is 0 Å². The smallest absolute Gasteiger partial charge is 0.229 e. The zero-order valence-electron chi connectivity index (χ0n) is 5.20. The van der Waals surface area contributed by atoms with E-state index in [2.05, 4.69) is 5.16 Å². The van der Waals surface area contributed by atoms with Gasteiger partial charge in [-0.25, -0.2) is 0 Å². The van der Waals surface area contributed by atoms with E-state index in [4.69, 9.17) is 14.7 Å². The van der Waals surface area contributed by atoms with Crippen molar-refractivity contribution in [3.63, 3.8) is 0 Å². The van der Waals surface area contributed by atoms with E-state index >= 15 is 0 Å². The van der Waals surface area contributed by atoms with Crippen molar-refractivity contribution in [3.8, 4) is 0 Å². The topological polar surface area (TPSA) is 51.0 Å². The average Bonchev–Trinajstić information content (AvgIpc) is 2.34. The molecule has 0 aliphatic carbocycles. The predicted octanol–water partition coefficient (Wildman–Crippen LogP) is -0.273. The predicted molar refractivity (Wildman–Crippen MR) is 31.0 cm³/mol. The van der Waals surface area contributed by atoms with Crippen molar-refractivity contribution in [3.05, 3.63) is 0 Å². The molecule has 0 amide bonds. The minimum absolute atomic E-state index is 0.00361. The van der Waals surface area contributed by atoms with Crippen molar-refractivity contribution in [2.75, 3.05) is 13.7 Å². The van der Waals surface area contributed by atoms with E-state index < -0.39 is 0 Å². The van der Waals surface area contributed by atoms with Gasteiger partial charge in [-0.2, -0.15) is 0 Å². The molecule has 1 heterocycles. The number of aliphatic hydroxyl groups is 1. The number of methoxy groups -OCH3 is 1. The third kappa shape index (κ3) is 1.32. The monoisotopic (exact) mass is 131 g/mol. The molecule has 4 nitrogen and oxygen atoms in total. The molecule has 9 heavy (non-hydrogen) atoms. The summed E-state index contributed by atoms with van der Waals surface area (Å²) in [5, 5.41) is 12.1. The quantitative estimate of drug-likeness (QED) is 0.532.